The molecule has 0 saturated carbocycles. The van der Waals surface area contributed by atoms with Gasteiger partial charge in [-0.2, -0.15) is 14.4 Å². The number of rotatable bonds is 4. The van der Waals surface area contributed by atoms with Crippen LogP contribution in [-0.4, -0.2) is 54.1 Å². The fraction of sp³-hybridized carbons (Fsp3) is 0.211. The number of aromatic nitrogens is 3. The number of benzene rings is 1. The SMILES string of the molecule is O=c1ccc(-c2ccc(S(=O)(=O)N3CCN(c4nc5ccccc5o4)CC3)s2)n[nH]1. The number of nitrogens with one attached hydrogen (secondary N) is 1. The largest absolute Gasteiger partial charge is 0.423 e. The Morgan fingerprint density at radius 1 is 1.00 bits per heavy atom. The van der Waals surface area contributed by atoms with E-state index in [0.717, 1.165) is 16.9 Å². The van der Waals surface area contributed by atoms with E-state index >= 15 is 0 Å². The highest BCUT2D eigenvalue weighted by molar-refractivity contribution is 7.91. The van der Waals surface area contributed by atoms with Crippen LogP contribution in [0.3, 0.4) is 0 Å². The smallest absolute Gasteiger partial charge is 0.298 e. The standard InChI is InChI=1S/C19H17N5O4S2/c25-17-7-5-14(21-22-17)16-6-8-18(29-16)30(26,27)24-11-9-23(10-12-24)19-20-13-3-1-2-4-15(13)28-19/h1-8H,9-12H2,(H,22,25). The number of piperazine rings is 1. The molecule has 1 saturated heterocycles. The molecular formula is C19H17N5O4S2. The van der Waals surface area contributed by atoms with Crippen molar-refractivity contribution in [2.75, 3.05) is 31.1 Å². The Morgan fingerprint density at radius 2 is 1.80 bits per heavy atom. The Labute approximate surface area is 175 Å². The van der Waals surface area contributed by atoms with Crippen LogP contribution in [0.25, 0.3) is 21.7 Å². The zero-order valence-electron chi connectivity index (χ0n) is 15.7. The fourth-order valence-corrected chi connectivity index (χ4v) is 6.17. The number of para-hydroxylation sites is 2. The predicted octanol–water partition coefficient (Wildman–Crippen LogP) is 2.15. The van der Waals surface area contributed by atoms with Gasteiger partial charge in [-0.15, -0.1) is 11.3 Å². The molecule has 30 heavy (non-hydrogen) atoms. The van der Waals surface area contributed by atoms with Gasteiger partial charge in [0.2, 0.25) is 0 Å². The molecule has 0 unspecified atom stereocenters. The van der Waals surface area contributed by atoms with Crippen LogP contribution >= 0.6 is 11.3 Å². The van der Waals surface area contributed by atoms with Gasteiger partial charge in [0.1, 0.15) is 15.4 Å². The first-order valence-corrected chi connectivity index (χ1v) is 11.5. The van der Waals surface area contributed by atoms with E-state index in [2.05, 4.69) is 15.2 Å². The molecule has 1 aliphatic heterocycles. The van der Waals surface area contributed by atoms with Gasteiger partial charge in [-0.1, -0.05) is 12.1 Å². The van der Waals surface area contributed by atoms with Crippen LogP contribution in [0.1, 0.15) is 0 Å². The van der Waals surface area contributed by atoms with Gasteiger partial charge in [0, 0.05) is 32.2 Å². The maximum Gasteiger partial charge on any atom is 0.298 e. The Kier molecular flexibility index (Phi) is 4.65. The molecule has 154 valence electrons. The van der Waals surface area contributed by atoms with E-state index in [1.165, 1.54) is 10.4 Å². The van der Waals surface area contributed by atoms with Crippen LogP contribution in [0.2, 0.25) is 0 Å². The van der Waals surface area contributed by atoms with Crippen molar-refractivity contribution in [3.05, 3.63) is 58.9 Å². The van der Waals surface area contributed by atoms with Crippen LogP contribution in [0, 0.1) is 0 Å². The first-order valence-electron chi connectivity index (χ1n) is 9.27. The van der Waals surface area contributed by atoms with Crippen LogP contribution in [0.5, 0.6) is 0 Å². The van der Waals surface area contributed by atoms with E-state index in [1.807, 2.05) is 29.2 Å². The number of hydrogen-bond donors (Lipinski definition) is 1. The minimum Gasteiger partial charge on any atom is -0.423 e. The van der Waals surface area contributed by atoms with E-state index < -0.39 is 10.0 Å². The summed E-state index contributed by atoms with van der Waals surface area (Å²) in [6.45, 7) is 1.66. The molecule has 0 bridgehead atoms. The second-order valence-electron chi connectivity index (χ2n) is 6.78. The van der Waals surface area contributed by atoms with Gasteiger partial charge < -0.3 is 9.32 Å². The molecule has 11 heteroatoms. The summed E-state index contributed by atoms with van der Waals surface area (Å²) in [7, 11) is -3.61. The summed E-state index contributed by atoms with van der Waals surface area (Å²) < 4.78 is 33.7. The molecule has 0 radical (unpaired) electrons. The molecule has 1 aromatic carbocycles. The lowest BCUT2D eigenvalue weighted by Gasteiger charge is -2.32. The lowest BCUT2D eigenvalue weighted by Crippen LogP contribution is -2.48. The molecule has 0 atom stereocenters. The minimum atomic E-state index is -3.61. The van der Waals surface area contributed by atoms with Gasteiger partial charge in [-0.3, -0.25) is 4.79 Å². The van der Waals surface area contributed by atoms with Crippen molar-refractivity contribution in [3.8, 4) is 10.6 Å². The average Bonchev–Trinajstić information content (AvgIpc) is 3.42. The third kappa shape index (κ3) is 3.40. The van der Waals surface area contributed by atoms with E-state index in [1.54, 1.807) is 18.2 Å². The summed E-state index contributed by atoms with van der Waals surface area (Å²) in [6.07, 6.45) is 0. The third-order valence-electron chi connectivity index (χ3n) is 4.90. The summed E-state index contributed by atoms with van der Waals surface area (Å²) in [4.78, 5) is 18.3. The van der Waals surface area contributed by atoms with E-state index in [4.69, 9.17) is 4.42 Å². The second-order valence-corrected chi connectivity index (χ2v) is 10.0. The Morgan fingerprint density at radius 3 is 2.53 bits per heavy atom. The van der Waals surface area contributed by atoms with Gasteiger partial charge in [0.05, 0.1) is 4.88 Å². The minimum absolute atomic E-state index is 0.251. The molecule has 3 aromatic heterocycles. The first-order chi connectivity index (χ1) is 14.5. The molecule has 4 aromatic rings. The number of anilines is 1. The van der Waals surface area contributed by atoms with Crippen molar-refractivity contribution in [2.24, 2.45) is 0 Å². The third-order valence-corrected chi connectivity index (χ3v) is 8.37. The Bertz CT molecular complexity index is 1310. The Balaban J connectivity index is 1.31. The molecular weight excluding hydrogens is 426 g/mol. The van der Waals surface area contributed by atoms with Crippen LogP contribution in [0.4, 0.5) is 6.01 Å². The molecule has 1 N–H and O–H groups in total. The highest BCUT2D eigenvalue weighted by Gasteiger charge is 2.31. The lowest BCUT2D eigenvalue weighted by molar-refractivity contribution is 0.374. The fourth-order valence-electron chi connectivity index (χ4n) is 3.32. The number of fused-ring (bicyclic) bond motifs is 1. The number of H-pyrrole nitrogens is 1. The first kappa shape index (κ1) is 19.0. The molecule has 1 aliphatic rings. The monoisotopic (exact) mass is 443 g/mol. The van der Waals surface area contributed by atoms with Gasteiger partial charge in [-0.25, -0.2) is 13.5 Å². The molecule has 4 heterocycles. The molecule has 0 aliphatic carbocycles. The summed E-state index contributed by atoms with van der Waals surface area (Å²) in [5.41, 5.74) is 1.72. The summed E-state index contributed by atoms with van der Waals surface area (Å²) in [5.74, 6) is 0. The number of hydrogen-bond acceptors (Lipinski definition) is 8. The summed E-state index contributed by atoms with van der Waals surface area (Å²) >= 11 is 1.13. The normalized spacial score (nSPS) is 15.7. The number of aromatic amines is 1. The topological polar surface area (TPSA) is 112 Å². The predicted molar refractivity (Wildman–Crippen MR) is 113 cm³/mol. The maximum absolute atomic E-state index is 13.1. The van der Waals surface area contributed by atoms with E-state index in [9.17, 15) is 13.2 Å². The number of thiophene rings is 1. The zero-order chi connectivity index (χ0) is 20.7. The average molecular weight is 444 g/mol. The highest BCUT2D eigenvalue weighted by Crippen LogP contribution is 2.31. The van der Waals surface area contributed by atoms with Crippen LogP contribution < -0.4 is 10.5 Å². The summed E-state index contributed by atoms with van der Waals surface area (Å²) in [6, 6.07) is 14.3. The van der Waals surface area contributed by atoms with Crippen LogP contribution in [-0.2, 0) is 10.0 Å². The Hall–Kier alpha value is -3.02. The molecule has 1 fully saturated rings. The quantitative estimate of drug-likeness (QED) is 0.514. The van der Waals surface area contributed by atoms with Crippen molar-refractivity contribution >= 4 is 38.5 Å². The summed E-state index contributed by atoms with van der Waals surface area (Å²) in [5, 5.41) is 6.32. The second kappa shape index (κ2) is 7.35. The van der Waals surface area contributed by atoms with Gasteiger partial charge in [-0.05, 0) is 30.3 Å². The molecule has 0 spiro atoms. The van der Waals surface area contributed by atoms with E-state index in [0.29, 0.717) is 48.3 Å². The number of sulfonamides is 1. The van der Waals surface area contributed by atoms with E-state index in [-0.39, 0.29) is 9.77 Å². The highest BCUT2D eigenvalue weighted by atomic mass is 32.2. The van der Waals surface area contributed by atoms with Crippen molar-refractivity contribution < 1.29 is 12.8 Å². The van der Waals surface area contributed by atoms with Crippen molar-refractivity contribution in [1.29, 1.82) is 0 Å². The molecule has 5 rings (SSSR count). The van der Waals surface area contributed by atoms with Crippen molar-refractivity contribution in [2.45, 2.75) is 4.21 Å². The zero-order valence-corrected chi connectivity index (χ0v) is 17.3. The van der Waals surface area contributed by atoms with Crippen molar-refractivity contribution in [1.82, 2.24) is 19.5 Å². The maximum atomic E-state index is 13.1. The molecule has 0 amide bonds. The number of nitrogens with zero attached hydrogens (tertiary/aromatic N) is 4. The van der Waals surface area contributed by atoms with Gasteiger partial charge in [0.25, 0.3) is 21.6 Å². The van der Waals surface area contributed by atoms with Crippen molar-refractivity contribution in [3.63, 3.8) is 0 Å². The van der Waals surface area contributed by atoms with Gasteiger partial charge >= 0.3 is 0 Å². The molecule has 9 nitrogen and oxygen atoms in total. The van der Waals surface area contributed by atoms with Gasteiger partial charge in [0.15, 0.2) is 5.58 Å². The van der Waals surface area contributed by atoms with Crippen LogP contribution in [0.15, 0.2) is 62.0 Å². The number of oxazole rings is 1. The lowest BCUT2D eigenvalue weighted by atomic mass is 10.3.